The Bertz CT molecular complexity index is 391. The van der Waals surface area contributed by atoms with Crippen molar-refractivity contribution < 1.29 is 0 Å². The smallest absolute Gasteiger partial charge is 0.0697 e. The summed E-state index contributed by atoms with van der Waals surface area (Å²) in [5, 5.41) is 8.67. The third-order valence-corrected chi connectivity index (χ3v) is 1.97. The van der Waals surface area contributed by atoms with Crippen LogP contribution >= 0.6 is 23.2 Å². The Labute approximate surface area is 84.9 Å². The molecule has 0 spiro atoms. The van der Waals surface area contributed by atoms with Crippen LogP contribution in [-0.2, 0) is 0 Å². The maximum Gasteiger partial charge on any atom is 0.0697 e. The monoisotopic (exact) mass is 213 g/mol. The van der Waals surface area contributed by atoms with E-state index in [1.54, 1.807) is 35.3 Å². The van der Waals surface area contributed by atoms with E-state index in [4.69, 9.17) is 23.2 Å². The molecule has 0 aliphatic rings. The molecule has 0 amide bonds. The van der Waals surface area contributed by atoms with Crippen molar-refractivity contribution in [3.63, 3.8) is 0 Å². The highest BCUT2D eigenvalue weighted by Crippen LogP contribution is 2.20. The summed E-state index contributed by atoms with van der Waals surface area (Å²) in [6, 6.07) is 5.20. The third-order valence-electron chi connectivity index (χ3n) is 1.53. The van der Waals surface area contributed by atoms with E-state index in [0.29, 0.717) is 10.0 Å². The fraction of sp³-hybridized carbons (Fsp3) is 0. The molecule has 0 saturated carbocycles. The van der Waals surface area contributed by atoms with Crippen LogP contribution in [0.25, 0.3) is 5.69 Å². The molecule has 2 aromatic rings. The number of hydrogen-bond donors (Lipinski definition) is 0. The summed E-state index contributed by atoms with van der Waals surface area (Å²) >= 11 is 11.6. The Morgan fingerprint density at radius 3 is 2.31 bits per heavy atom. The number of benzene rings is 1. The summed E-state index contributed by atoms with van der Waals surface area (Å²) < 4.78 is 1.60. The maximum absolute atomic E-state index is 5.82. The van der Waals surface area contributed by atoms with Gasteiger partial charge in [0, 0.05) is 10.0 Å². The van der Waals surface area contributed by atoms with Gasteiger partial charge in [0.2, 0.25) is 0 Å². The highest BCUT2D eigenvalue weighted by atomic mass is 35.5. The number of rotatable bonds is 1. The van der Waals surface area contributed by atoms with Gasteiger partial charge in [-0.05, 0) is 18.2 Å². The van der Waals surface area contributed by atoms with Gasteiger partial charge in [0.1, 0.15) is 0 Å². The summed E-state index contributed by atoms with van der Waals surface area (Å²) in [5.41, 5.74) is 0.801. The lowest BCUT2D eigenvalue weighted by Crippen LogP contribution is -1.94. The summed E-state index contributed by atoms with van der Waals surface area (Å²) in [7, 11) is 0. The summed E-state index contributed by atoms with van der Waals surface area (Å²) in [6.07, 6.45) is 3.32. The molecule has 0 fully saturated rings. The fourth-order valence-corrected chi connectivity index (χ4v) is 1.53. The molecule has 1 aromatic carbocycles. The van der Waals surface area contributed by atoms with Crippen molar-refractivity contribution in [3.8, 4) is 5.69 Å². The van der Waals surface area contributed by atoms with Gasteiger partial charge in [-0.2, -0.15) is 0 Å². The molecule has 5 heteroatoms. The molecule has 0 unspecified atom stereocenters. The zero-order valence-corrected chi connectivity index (χ0v) is 8.00. The number of halogens is 2. The second-order valence-corrected chi connectivity index (χ2v) is 3.35. The Morgan fingerprint density at radius 2 is 1.77 bits per heavy atom. The average Bonchev–Trinajstić information content (AvgIpc) is 2.53. The zero-order valence-electron chi connectivity index (χ0n) is 6.48. The Morgan fingerprint density at radius 1 is 1.08 bits per heavy atom. The first-order valence-electron chi connectivity index (χ1n) is 3.58. The van der Waals surface area contributed by atoms with E-state index in [9.17, 15) is 0 Å². The van der Waals surface area contributed by atoms with Crippen LogP contribution in [0, 0.1) is 0 Å². The maximum atomic E-state index is 5.82. The third kappa shape index (κ3) is 1.82. The van der Waals surface area contributed by atoms with Crippen molar-refractivity contribution in [2.24, 2.45) is 0 Å². The van der Waals surface area contributed by atoms with E-state index < -0.39 is 0 Å². The molecule has 0 radical (unpaired) electrons. The number of nitrogens with zero attached hydrogens (tertiary/aromatic N) is 3. The highest BCUT2D eigenvalue weighted by Gasteiger charge is 2.00. The first-order valence-corrected chi connectivity index (χ1v) is 4.34. The van der Waals surface area contributed by atoms with E-state index in [1.807, 2.05) is 0 Å². The minimum atomic E-state index is 0.581. The van der Waals surface area contributed by atoms with Crippen molar-refractivity contribution in [1.82, 2.24) is 15.0 Å². The Kier molecular flexibility index (Phi) is 2.20. The van der Waals surface area contributed by atoms with Gasteiger partial charge < -0.3 is 0 Å². The molecule has 2 rings (SSSR count). The molecule has 0 saturated heterocycles. The molecule has 13 heavy (non-hydrogen) atoms. The molecule has 66 valence electrons. The second kappa shape index (κ2) is 3.36. The molecule has 0 bridgehead atoms. The van der Waals surface area contributed by atoms with Crippen molar-refractivity contribution in [3.05, 3.63) is 40.6 Å². The van der Waals surface area contributed by atoms with Crippen molar-refractivity contribution in [1.29, 1.82) is 0 Å². The Balaban J connectivity index is 2.53. The molecule has 3 nitrogen and oxygen atoms in total. The minimum Gasteiger partial charge on any atom is -0.221 e. The SMILES string of the molecule is Clc1cc(Cl)cc(-n2ccnn2)c1. The average molecular weight is 214 g/mol. The van der Waals surface area contributed by atoms with Gasteiger partial charge in [-0.15, -0.1) is 5.10 Å². The standard InChI is InChI=1S/C8H5Cl2N3/c9-6-3-7(10)5-8(4-6)13-2-1-11-12-13/h1-5H. The molecule has 1 aromatic heterocycles. The summed E-state index contributed by atoms with van der Waals surface area (Å²) in [4.78, 5) is 0. The van der Waals surface area contributed by atoms with Gasteiger partial charge in [0.25, 0.3) is 0 Å². The molecule has 0 aliphatic carbocycles. The summed E-state index contributed by atoms with van der Waals surface area (Å²) in [5.74, 6) is 0. The van der Waals surface area contributed by atoms with Crippen molar-refractivity contribution >= 4 is 23.2 Å². The summed E-state index contributed by atoms with van der Waals surface area (Å²) in [6.45, 7) is 0. The lowest BCUT2D eigenvalue weighted by molar-refractivity contribution is 0.803. The largest absolute Gasteiger partial charge is 0.221 e. The van der Waals surface area contributed by atoms with Gasteiger partial charge in [-0.3, -0.25) is 0 Å². The van der Waals surface area contributed by atoms with Gasteiger partial charge >= 0.3 is 0 Å². The topological polar surface area (TPSA) is 30.7 Å². The lowest BCUT2D eigenvalue weighted by Gasteiger charge is -2.00. The minimum absolute atomic E-state index is 0.581. The highest BCUT2D eigenvalue weighted by molar-refractivity contribution is 6.34. The predicted molar refractivity (Wildman–Crippen MR) is 51.4 cm³/mol. The molecule has 1 heterocycles. The Hall–Kier alpha value is -1.06. The normalized spacial score (nSPS) is 10.3. The van der Waals surface area contributed by atoms with Gasteiger partial charge in [-0.25, -0.2) is 4.68 Å². The van der Waals surface area contributed by atoms with Crippen molar-refractivity contribution in [2.75, 3.05) is 0 Å². The van der Waals surface area contributed by atoms with Gasteiger partial charge in [-0.1, -0.05) is 28.4 Å². The van der Waals surface area contributed by atoms with Gasteiger partial charge in [0.15, 0.2) is 0 Å². The molecule has 0 atom stereocenters. The van der Waals surface area contributed by atoms with Crippen LogP contribution in [0.4, 0.5) is 0 Å². The fourth-order valence-electron chi connectivity index (χ4n) is 1.02. The van der Waals surface area contributed by atoms with Crippen LogP contribution in [0.1, 0.15) is 0 Å². The van der Waals surface area contributed by atoms with E-state index in [1.165, 1.54) is 0 Å². The van der Waals surface area contributed by atoms with E-state index in [0.717, 1.165) is 5.69 Å². The first kappa shape index (κ1) is 8.53. The van der Waals surface area contributed by atoms with Crippen LogP contribution in [-0.4, -0.2) is 15.0 Å². The lowest BCUT2D eigenvalue weighted by atomic mass is 10.3. The first-order chi connectivity index (χ1) is 6.25. The van der Waals surface area contributed by atoms with E-state index >= 15 is 0 Å². The molecule has 0 N–H and O–H groups in total. The van der Waals surface area contributed by atoms with Crippen LogP contribution in [0.5, 0.6) is 0 Å². The van der Waals surface area contributed by atoms with E-state index in [2.05, 4.69) is 10.3 Å². The zero-order chi connectivity index (χ0) is 9.26. The van der Waals surface area contributed by atoms with Crippen LogP contribution in [0.3, 0.4) is 0 Å². The van der Waals surface area contributed by atoms with Gasteiger partial charge in [0.05, 0.1) is 18.1 Å². The van der Waals surface area contributed by atoms with Crippen LogP contribution in [0.2, 0.25) is 10.0 Å². The van der Waals surface area contributed by atoms with Crippen molar-refractivity contribution in [2.45, 2.75) is 0 Å². The number of hydrogen-bond acceptors (Lipinski definition) is 2. The molecular formula is C8H5Cl2N3. The number of aromatic nitrogens is 3. The van der Waals surface area contributed by atoms with Crippen LogP contribution < -0.4 is 0 Å². The predicted octanol–water partition coefficient (Wildman–Crippen LogP) is 2.57. The quantitative estimate of drug-likeness (QED) is 0.730. The second-order valence-electron chi connectivity index (χ2n) is 2.48. The van der Waals surface area contributed by atoms with E-state index in [-0.39, 0.29) is 0 Å². The molecule has 0 aliphatic heterocycles. The molecular weight excluding hydrogens is 209 g/mol. The van der Waals surface area contributed by atoms with Crippen LogP contribution in [0.15, 0.2) is 30.6 Å².